The number of carbonyl (C=O) groups excluding carboxylic acids is 3. The maximum absolute atomic E-state index is 13.9. The van der Waals surface area contributed by atoms with E-state index in [-0.39, 0.29) is 37.0 Å². The summed E-state index contributed by atoms with van der Waals surface area (Å²) in [5.74, 6) is -4.59. The third-order valence-corrected chi connectivity index (χ3v) is 6.38. The Labute approximate surface area is 210 Å². The lowest BCUT2D eigenvalue weighted by Gasteiger charge is -2.34. The summed E-state index contributed by atoms with van der Waals surface area (Å²) in [6.45, 7) is 7.98. The lowest BCUT2D eigenvalue weighted by Crippen LogP contribution is -2.56. The van der Waals surface area contributed by atoms with Gasteiger partial charge >= 0.3 is 0 Å². The van der Waals surface area contributed by atoms with Gasteiger partial charge in [0.1, 0.15) is 11.9 Å². The first kappa shape index (κ1) is 29.6. The van der Waals surface area contributed by atoms with Crippen molar-refractivity contribution in [1.29, 1.82) is 0 Å². The van der Waals surface area contributed by atoms with Crippen molar-refractivity contribution < 1.29 is 32.8 Å². The fourth-order valence-electron chi connectivity index (χ4n) is 4.20. The molecule has 1 heterocycles. The molecule has 1 aliphatic heterocycles. The minimum Gasteiger partial charge on any atom is -0.344 e. The minimum absolute atomic E-state index is 0.00937. The highest BCUT2D eigenvalue weighted by Crippen LogP contribution is 2.24. The second kappa shape index (κ2) is 13.0. The monoisotopic (exact) mass is 514 g/mol. The lowest BCUT2D eigenvalue weighted by atomic mass is 9.85. The van der Waals surface area contributed by atoms with Crippen LogP contribution >= 0.6 is 0 Å². The Morgan fingerprint density at radius 3 is 2.50 bits per heavy atom. The summed E-state index contributed by atoms with van der Waals surface area (Å²) < 4.78 is 40.5. The van der Waals surface area contributed by atoms with E-state index in [2.05, 4.69) is 10.6 Å². The molecule has 202 valence electrons. The number of benzene rings is 1. The van der Waals surface area contributed by atoms with Crippen LogP contribution in [0.3, 0.4) is 0 Å². The molecule has 0 aliphatic carbocycles. The van der Waals surface area contributed by atoms with Crippen LogP contribution in [0.15, 0.2) is 12.1 Å². The van der Waals surface area contributed by atoms with Crippen molar-refractivity contribution in [2.75, 3.05) is 19.6 Å². The number of unbranched alkanes of at least 4 members (excludes halogenated alkanes) is 1. The summed E-state index contributed by atoms with van der Waals surface area (Å²) in [5.41, 5.74) is -0.629. The van der Waals surface area contributed by atoms with Gasteiger partial charge in [-0.15, -0.1) is 0 Å². The fraction of sp³-hybridized carbons (Fsp3) is 0.640. The predicted octanol–water partition coefficient (Wildman–Crippen LogP) is 2.98. The molecule has 36 heavy (non-hydrogen) atoms. The number of likely N-dealkylation sites (tertiary alicyclic amines) is 1. The molecule has 0 spiro atoms. The Balaban J connectivity index is 2.04. The Bertz CT molecular complexity index is 925. The zero-order chi connectivity index (χ0) is 27.0. The van der Waals surface area contributed by atoms with Crippen molar-refractivity contribution in [3.05, 3.63) is 35.1 Å². The Hall–Kier alpha value is -2.66. The second-order valence-corrected chi connectivity index (χ2v) is 10.4. The molecule has 1 aromatic rings. The molecule has 2 rings (SSSR count). The van der Waals surface area contributed by atoms with Crippen molar-refractivity contribution in [3.63, 3.8) is 0 Å². The van der Waals surface area contributed by atoms with Gasteiger partial charge in [-0.1, -0.05) is 40.5 Å². The van der Waals surface area contributed by atoms with E-state index < -0.39 is 40.7 Å². The van der Waals surface area contributed by atoms with E-state index in [4.69, 9.17) is 0 Å². The van der Waals surface area contributed by atoms with E-state index in [9.17, 15) is 32.8 Å². The summed E-state index contributed by atoms with van der Waals surface area (Å²) >= 11 is 0. The molecule has 3 N–H and O–H groups in total. The molecule has 0 aromatic heterocycles. The average Bonchev–Trinajstić information content (AvgIpc) is 3.29. The van der Waals surface area contributed by atoms with Gasteiger partial charge in [-0.05, 0) is 24.3 Å². The highest BCUT2D eigenvalue weighted by atomic mass is 19.2. The van der Waals surface area contributed by atoms with E-state index >= 15 is 0 Å². The van der Waals surface area contributed by atoms with E-state index in [1.807, 2.05) is 27.7 Å². The van der Waals surface area contributed by atoms with Crippen LogP contribution < -0.4 is 10.6 Å². The maximum Gasteiger partial charge on any atom is 0.245 e. The molecular weight excluding hydrogens is 477 g/mol. The summed E-state index contributed by atoms with van der Waals surface area (Å²) in [6, 6.07) is 0.283. The molecule has 1 fully saturated rings. The van der Waals surface area contributed by atoms with Gasteiger partial charge < -0.3 is 15.5 Å². The van der Waals surface area contributed by atoms with Crippen molar-refractivity contribution in [1.82, 2.24) is 20.6 Å². The fourth-order valence-corrected chi connectivity index (χ4v) is 4.20. The van der Waals surface area contributed by atoms with E-state index in [0.717, 1.165) is 18.9 Å². The first-order chi connectivity index (χ1) is 16.9. The first-order valence-electron chi connectivity index (χ1n) is 12.2. The number of nitrogens with one attached hydrogen (secondary N) is 2. The Kier molecular flexibility index (Phi) is 10.7. The van der Waals surface area contributed by atoms with E-state index in [1.54, 1.807) is 4.90 Å². The molecule has 8 nitrogen and oxygen atoms in total. The molecule has 0 radical (unpaired) electrons. The molecular formula is C25H37F3N4O4. The molecule has 1 saturated heterocycles. The Morgan fingerprint density at radius 2 is 1.89 bits per heavy atom. The summed E-state index contributed by atoms with van der Waals surface area (Å²) in [7, 11) is 0. The number of nitrogens with zero attached hydrogens (tertiary/aromatic N) is 2. The van der Waals surface area contributed by atoms with Crippen LogP contribution in [0, 0.1) is 28.8 Å². The molecule has 0 bridgehead atoms. The molecule has 3 atom stereocenters. The minimum atomic E-state index is -1.25. The third kappa shape index (κ3) is 8.19. The Morgan fingerprint density at radius 1 is 1.22 bits per heavy atom. The zero-order valence-electron chi connectivity index (χ0n) is 21.3. The maximum atomic E-state index is 13.9. The normalized spacial score (nSPS) is 17.6. The van der Waals surface area contributed by atoms with Crippen molar-refractivity contribution in [3.8, 4) is 0 Å². The smallest absolute Gasteiger partial charge is 0.245 e. The van der Waals surface area contributed by atoms with Gasteiger partial charge in [0.2, 0.25) is 18.2 Å². The molecule has 1 aromatic carbocycles. The van der Waals surface area contributed by atoms with Crippen LogP contribution in [0.1, 0.15) is 58.9 Å². The standard InChI is InChI=1S/C25H37F3N4O4/c1-5-6-7-16(13-32(36)15-33)23(34)30-22(25(2,3)4)24(35)31-9-8-18(14-31)29-12-17-10-20(27)21(28)11-19(17)26/h10-11,15-16,18,22,29,36H,5-9,12-14H2,1-4H3,(H,30,34)/t16-,18-,22-/m1/s1. The first-order valence-corrected chi connectivity index (χ1v) is 12.2. The van der Waals surface area contributed by atoms with Crippen LogP contribution in [0.4, 0.5) is 13.2 Å². The number of halogens is 3. The van der Waals surface area contributed by atoms with Crippen molar-refractivity contribution in [2.24, 2.45) is 11.3 Å². The number of amides is 3. The SMILES string of the molecule is CCCC[C@H](CN(O)C=O)C(=O)N[C@H](C(=O)N1CC[C@@H](NCc2cc(F)c(F)cc2F)C1)C(C)(C)C. The molecule has 3 amide bonds. The summed E-state index contributed by atoms with van der Waals surface area (Å²) in [4.78, 5) is 38.9. The largest absolute Gasteiger partial charge is 0.344 e. The zero-order valence-corrected chi connectivity index (χ0v) is 21.3. The van der Waals surface area contributed by atoms with Crippen LogP contribution in [0.25, 0.3) is 0 Å². The number of carbonyl (C=O) groups is 3. The van der Waals surface area contributed by atoms with Gasteiger partial charge in [0, 0.05) is 37.3 Å². The summed E-state index contributed by atoms with van der Waals surface area (Å²) in [6.07, 6.45) is 2.81. The van der Waals surface area contributed by atoms with E-state index in [1.165, 1.54) is 0 Å². The average molecular weight is 515 g/mol. The summed E-state index contributed by atoms with van der Waals surface area (Å²) in [5, 5.41) is 15.9. The third-order valence-electron chi connectivity index (χ3n) is 6.38. The second-order valence-electron chi connectivity index (χ2n) is 10.4. The quantitative estimate of drug-likeness (QED) is 0.172. The molecule has 11 heteroatoms. The van der Waals surface area contributed by atoms with Gasteiger partial charge in [0.15, 0.2) is 11.6 Å². The number of hydroxylamine groups is 2. The van der Waals surface area contributed by atoms with Crippen LogP contribution in [0.5, 0.6) is 0 Å². The van der Waals surface area contributed by atoms with Crippen LogP contribution in [0.2, 0.25) is 0 Å². The van der Waals surface area contributed by atoms with Crippen LogP contribution in [-0.4, -0.2) is 65.1 Å². The number of hydrogen-bond acceptors (Lipinski definition) is 5. The molecule has 1 aliphatic rings. The van der Waals surface area contributed by atoms with Crippen molar-refractivity contribution in [2.45, 2.75) is 72.0 Å². The number of hydrogen-bond donors (Lipinski definition) is 3. The predicted molar refractivity (Wildman–Crippen MR) is 127 cm³/mol. The van der Waals surface area contributed by atoms with Gasteiger partial charge in [0.25, 0.3) is 0 Å². The van der Waals surface area contributed by atoms with Crippen LogP contribution in [-0.2, 0) is 20.9 Å². The van der Waals surface area contributed by atoms with Gasteiger partial charge in [-0.2, -0.15) is 0 Å². The topological polar surface area (TPSA) is 102 Å². The van der Waals surface area contributed by atoms with E-state index in [0.29, 0.717) is 37.1 Å². The van der Waals surface area contributed by atoms with Crippen molar-refractivity contribution >= 4 is 18.2 Å². The molecule has 0 unspecified atom stereocenters. The number of rotatable bonds is 12. The highest BCUT2D eigenvalue weighted by molar-refractivity contribution is 5.89. The van der Waals surface area contributed by atoms with Gasteiger partial charge in [-0.25, -0.2) is 18.2 Å². The lowest BCUT2D eigenvalue weighted by molar-refractivity contribution is -0.155. The highest BCUT2D eigenvalue weighted by Gasteiger charge is 2.39. The van der Waals surface area contributed by atoms with Gasteiger partial charge in [-0.3, -0.25) is 19.6 Å². The molecule has 0 saturated carbocycles. The van der Waals surface area contributed by atoms with Gasteiger partial charge in [0.05, 0.1) is 12.5 Å².